The van der Waals surface area contributed by atoms with Crippen LogP contribution in [0.2, 0.25) is 5.02 Å². The standard InChI is InChI=1S/C19H14ClN3O2S/c20-14-7-3-1-6-12(14)16-10-26-19(22-16)23-18(25)13-9-17(24)21-15-8-4-2-5-11(13)15/h1-8,10,13H,9H2,(H,21,24)(H,22,23,25). The van der Waals surface area contributed by atoms with E-state index < -0.39 is 5.92 Å². The van der Waals surface area contributed by atoms with Crippen LogP contribution in [0, 0.1) is 0 Å². The summed E-state index contributed by atoms with van der Waals surface area (Å²) in [6, 6.07) is 14.8. The molecule has 130 valence electrons. The summed E-state index contributed by atoms with van der Waals surface area (Å²) in [5, 5.41) is 8.55. The van der Waals surface area contributed by atoms with Gasteiger partial charge in [0.2, 0.25) is 11.8 Å². The number of halogens is 1. The number of carbonyl (C=O) groups is 2. The number of carbonyl (C=O) groups excluding carboxylic acids is 2. The van der Waals surface area contributed by atoms with Crippen LogP contribution in [0.15, 0.2) is 53.9 Å². The van der Waals surface area contributed by atoms with E-state index in [1.54, 1.807) is 12.1 Å². The molecule has 2 aromatic carbocycles. The number of hydrogen-bond donors (Lipinski definition) is 2. The van der Waals surface area contributed by atoms with Crippen molar-refractivity contribution in [2.24, 2.45) is 0 Å². The van der Waals surface area contributed by atoms with Gasteiger partial charge in [-0.25, -0.2) is 4.98 Å². The van der Waals surface area contributed by atoms with Gasteiger partial charge in [-0.1, -0.05) is 48.0 Å². The molecule has 1 aliphatic rings. The molecule has 0 aliphatic carbocycles. The fourth-order valence-corrected chi connectivity index (χ4v) is 3.91. The van der Waals surface area contributed by atoms with Gasteiger partial charge in [0.05, 0.1) is 11.6 Å². The van der Waals surface area contributed by atoms with E-state index in [1.165, 1.54) is 11.3 Å². The molecule has 1 unspecified atom stereocenters. The molecule has 0 bridgehead atoms. The van der Waals surface area contributed by atoms with E-state index in [9.17, 15) is 9.59 Å². The Labute approximate surface area is 159 Å². The van der Waals surface area contributed by atoms with Gasteiger partial charge >= 0.3 is 0 Å². The summed E-state index contributed by atoms with van der Waals surface area (Å²) >= 11 is 7.53. The second-order valence-corrected chi connectivity index (χ2v) is 7.16. The number of thiazole rings is 1. The Bertz CT molecular complexity index is 1000. The van der Waals surface area contributed by atoms with Gasteiger partial charge in [0.15, 0.2) is 5.13 Å². The summed E-state index contributed by atoms with van der Waals surface area (Å²) in [6.45, 7) is 0. The van der Waals surface area contributed by atoms with Crippen LogP contribution in [-0.2, 0) is 9.59 Å². The normalized spacial score (nSPS) is 15.9. The second-order valence-electron chi connectivity index (χ2n) is 5.90. The van der Waals surface area contributed by atoms with Gasteiger partial charge in [-0.2, -0.15) is 0 Å². The van der Waals surface area contributed by atoms with Gasteiger partial charge < -0.3 is 10.6 Å². The molecule has 2 heterocycles. The number of rotatable bonds is 3. The van der Waals surface area contributed by atoms with Crippen LogP contribution in [0.5, 0.6) is 0 Å². The maximum Gasteiger partial charge on any atom is 0.234 e. The lowest BCUT2D eigenvalue weighted by Crippen LogP contribution is -2.30. The number of anilines is 2. The van der Waals surface area contributed by atoms with Crippen LogP contribution in [0.3, 0.4) is 0 Å². The van der Waals surface area contributed by atoms with Crippen molar-refractivity contribution >= 4 is 45.6 Å². The van der Waals surface area contributed by atoms with Crippen molar-refractivity contribution in [2.75, 3.05) is 10.6 Å². The predicted octanol–water partition coefficient (Wildman–Crippen LogP) is 4.53. The molecule has 2 amide bonds. The van der Waals surface area contributed by atoms with E-state index in [1.807, 2.05) is 41.8 Å². The number of nitrogens with zero attached hydrogens (tertiary/aromatic N) is 1. The van der Waals surface area contributed by atoms with E-state index in [2.05, 4.69) is 15.6 Å². The summed E-state index contributed by atoms with van der Waals surface area (Å²) in [5.74, 6) is -0.945. The van der Waals surface area contributed by atoms with Crippen LogP contribution in [0.1, 0.15) is 17.9 Å². The number of aromatic nitrogens is 1. The van der Waals surface area contributed by atoms with Crippen molar-refractivity contribution in [2.45, 2.75) is 12.3 Å². The molecule has 2 N–H and O–H groups in total. The topological polar surface area (TPSA) is 71.1 Å². The highest BCUT2D eigenvalue weighted by Gasteiger charge is 2.30. The first kappa shape index (κ1) is 16.8. The third kappa shape index (κ3) is 3.21. The average molecular weight is 384 g/mol. The van der Waals surface area contributed by atoms with Crippen LogP contribution >= 0.6 is 22.9 Å². The van der Waals surface area contributed by atoms with Gasteiger partial charge in [-0.15, -0.1) is 11.3 Å². The lowest BCUT2D eigenvalue weighted by Gasteiger charge is -2.24. The molecule has 1 atom stereocenters. The Morgan fingerprint density at radius 3 is 2.81 bits per heavy atom. The first-order chi connectivity index (χ1) is 12.6. The van der Waals surface area contributed by atoms with Crippen molar-refractivity contribution < 1.29 is 9.59 Å². The number of hydrogen-bond acceptors (Lipinski definition) is 4. The zero-order chi connectivity index (χ0) is 18.1. The Morgan fingerprint density at radius 2 is 1.96 bits per heavy atom. The van der Waals surface area contributed by atoms with Crippen LogP contribution in [0.25, 0.3) is 11.3 Å². The quantitative estimate of drug-likeness (QED) is 0.698. The van der Waals surface area contributed by atoms with E-state index in [4.69, 9.17) is 11.6 Å². The van der Waals surface area contributed by atoms with Crippen LogP contribution in [-0.4, -0.2) is 16.8 Å². The van der Waals surface area contributed by atoms with Crippen molar-refractivity contribution in [1.82, 2.24) is 4.98 Å². The zero-order valence-corrected chi connectivity index (χ0v) is 15.1. The average Bonchev–Trinajstić information content (AvgIpc) is 3.09. The third-order valence-electron chi connectivity index (χ3n) is 4.20. The molecule has 0 saturated carbocycles. The SMILES string of the molecule is O=C1CC(C(=O)Nc2nc(-c3ccccc3Cl)cs2)c2ccccc2N1. The summed E-state index contributed by atoms with van der Waals surface area (Å²) in [4.78, 5) is 29.1. The molecule has 1 aliphatic heterocycles. The minimum Gasteiger partial charge on any atom is -0.326 e. The van der Waals surface area contributed by atoms with Crippen molar-refractivity contribution in [3.63, 3.8) is 0 Å². The maximum absolute atomic E-state index is 12.7. The van der Waals surface area contributed by atoms with E-state index in [-0.39, 0.29) is 18.2 Å². The molecule has 26 heavy (non-hydrogen) atoms. The lowest BCUT2D eigenvalue weighted by atomic mass is 9.90. The Morgan fingerprint density at radius 1 is 1.19 bits per heavy atom. The first-order valence-electron chi connectivity index (χ1n) is 8.02. The Kier molecular flexibility index (Phi) is 4.44. The van der Waals surface area contributed by atoms with Crippen molar-refractivity contribution in [3.05, 3.63) is 64.5 Å². The minimum absolute atomic E-state index is 0.117. The highest BCUT2D eigenvalue weighted by Crippen LogP contribution is 2.34. The van der Waals surface area contributed by atoms with Crippen LogP contribution < -0.4 is 10.6 Å². The molecule has 7 heteroatoms. The van der Waals surface area contributed by atoms with Crippen LogP contribution in [0.4, 0.5) is 10.8 Å². The fraction of sp³-hybridized carbons (Fsp3) is 0.105. The molecule has 0 fully saturated rings. The number of para-hydroxylation sites is 1. The summed E-state index contributed by atoms with van der Waals surface area (Å²) in [6.07, 6.45) is 0.117. The van der Waals surface area contributed by atoms with Gasteiger partial charge in [0.25, 0.3) is 0 Å². The predicted molar refractivity (Wildman–Crippen MR) is 104 cm³/mol. The van der Waals surface area contributed by atoms with Crippen molar-refractivity contribution in [1.29, 1.82) is 0 Å². The van der Waals surface area contributed by atoms with E-state index >= 15 is 0 Å². The molecule has 0 radical (unpaired) electrons. The Hall–Kier alpha value is -2.70. The second kappa shape index (κ2) is 6.90. The highest BCUT2D eigenvalue weighted by molar-refractivity contribution is 7.14. The monoisotopic (exact) mass is 383 g/mol. The fourth-order valence-electron chi connectivity index (χ4n) is 2.96. The highest BCUT2D eigenvalue weighted by atomic mass is 35.5. The summed E-state index contributed by atoms with van der Waals surface area (Å²) in [5.41, 5.74) is 3.01. The molecular weight excluding hydrogens is 370 g/mol. The molecule has 4 rings (SSSR count). The summed E-state index contributed by atoms with van der Waals surface area (Å²) < 4.78 is 0. The van der Waals surface area contributed by atoms with Gasteiger partial charge in [0, 0.05) is 28.1 Å². The van der Waals surface area contributed by atoms with Gasteiger partial charge in [-0.05, 0) is 17.7 Å². The lowest BCUT2D eigenvalue weighted by molar-refractivity contribution is -0.123. The van der Waals surface area contributed by atoms with E-state index in [0.717, 1.165) is 11.1 Å². The molecule has 3 aromatic rings. The minimum atomic E-state index is -0.535. The first-order valence-corrected chi connectivity index (χ1v) is 9.27. The molecular formula is C19H14ClN3O2S. The Balaban J connectivity index is 1.56. The largest absolute Gasteiger partial charge is 0.326 e. The smallest absolute Gasteiger partial charge is 0.234 e. The van der Waals surface area contributed by atoms with Gasteiger partial charge in [-0.3, -0.25) is 9.59 Å². The molecule has 0 spiro atoms. The number of nitrogens with one attached hydrogen (secondary N) is 2. The number of amides is 2. The molecule has 1 aromatic heterocycles. The maximum atomic E-state index is 12.7. The van der Waals surface area contributed by atoms with Crippen molar-refractivity contribution in [3.8, 4) is 11.3 Å². The van der Waals surface area contributed by atoms with Gasteiger partial charge in [0.1, 0.15) is 0 Å². The summed E-state index contributed by atoms with van der Waals surface area (Å²) in [7, 11) is 0. The molecule has 5 nitrogen and oxygen atoms in total. The third-order valence-corrected chi connectivity index (χ3v) is 5.29. The zero-order valence-electron chi connectivity index (χ0n) is 13.5. The van der Waals surface area contributed by atoms with E-state index in [0.29, 0.717) is 21.5 Å². The number of benzene rings is 2. The number of fused-ring (bicyclic) bond motifs is 1. The molecule has 0 saturated heterocycles.